The maximum Gasteiger partial charge on any atom is 0.217 e. The second-order valence-electron chi connectivity index (χ2n) is 2.93. The Morgan fingerprint density at radius 2 is 2.00 bits per heavy atom. The zero-order valence-electron chi connectivity index (χ0n) is 8.40. The fourth-order valence-electron chi connectivity index (χ4n) is 0.931. The zero-order chi connectivity index (χ0) is 12.1. The molecule has 1 rings (SSSR count). The third-order valence-corrected chi connectivity index (χ3v) is 1.68. The van der Waals surface area contributed by atoms with Gasteiger partial charge in [-0.2, -0.15) is 0 Å². The first-order valence-corrected chi connectivity index (χ1v) is 4.39. The first-order valence-electron chi connectivity index (χ1n) is 4.39. The van der Waals surface area contributed by atoms with Gasteiger partial charge in [-0.25, -0.2) is 13.2 Å². The van der Waals surface area contributed by atoms with Gasteiger partial charge in [0.2, 0.25) is 5.91 Å². The summed E-state index contributed by atoms with van der Waals surface area (Å²) in [4.78, 5) is 10.5. The predicted octanol–water partition coefficient (Wildman–Crippen LogP) is 1.59. The first kappa shape index (κ1) is 12.1. The van der Waals surface area contributed by atoms with E-state index < -0.39 is 17.5 Å². The summed E-state index contributed by atoms with van der Waals surface area (Å²) in [6, 6.07) is 1.83. The average Bonchev–Trinajstić information content (AvgIpc) is 2.23. The SMILES string of the molecule is CC(=O)NCC#Cc1ccc(F)c(F)c1F. The first-order chi connectivity index (χ1) is 7.52. The maximum atomic E-state index is 13.0. The molecule has 0 aliphatic carbocycles. The molecule has 0 saturated heterocycles. The number of carbonyl (C=O) groups is 1. The van der Waals surface area contributed by atoms with Gasteiger partial charge in [-0.3, -0.25) is 4.79 Å². The number of amides is 1. The van der Waals surface area contributed by atoms with Crippen molar-refractivity contribution in [1.29, 1.82) is 0 Å². The molecule has 0 aliphatic rings. The van der Waals surface area contributed by atoms with Crippen molar-refractivity contribution in [3.05, 3.63) is 35.1 Å². The quantitative estimate of drug-likeness (QED) is 0.573. The molecule has 5 heteroatoms. The lowest BCUT2D eigenvalue weighted by Crippen LogP contribution is -2.19. The summed E-state index contributed by atoms with van der Waals surface area (Å²) in [6.45, 7) is 1.33. The summed E-state index contributed by atoms with van der Waals surface area (Å²) in [5.41, 5.74) is -0.246. The number of benzene rings is 1. The molecule has 0 unspecified atom stereocenters. The largest absolute Gasteiger partial charge is 0.345 e. The van der Waals surface area contributed by atoms with Crippen LogP contribution < -0.4 is 5.32 Å². The van der Waals surface area contributed by atoms with Crippen molar-refractivity contribution in [3.63, 3.8) is 0 Å². The van der Waals surface area contributed by atoms with Crippen LogP contribution in [0.5, 0.6) is 0 Å². The van der Waals surface area contributed by atoms with E-state index in [2.05, 4.69) is 17.2 Å². The van der Waals surface area contributed by atoms with Gasteiger partial charge in [-0.1, -0.05) is 11.8 Å². The molecule has 0 spiro atoms. The zero-order valence-corrected chi connectivity index (χ0v) is 8.40. The highest BCUT2D eigenvalue weighted by Crippen LogP contribution is 2.13. The van der Waals surface area contributed by atoms with E-state index in [1.807, 2.05) is 0 Å². The van der Waals surface area contributed by atoms with Crippen LogP contribution in [0.15, 0.2) is 12.1 Å². The highest BCUT2D eigenvalue weighted by Gasteiger charge is 2.11. The van der Waals surface area contributed by atoms with Crippen LogP contribution >= 0.6 is 0 Å². The Bertz CT molecular complexity index is 474. The Kier molecular flexibility index (Phi) is 3.95. The second-order valence-corrected chi connectivity index (χ2v) is 2.93. The van der Waals surface area contributed by atoms with Gasteiger partial charge < -0.3 is 5.32 Å². The van der Waals surface area contributed by atoms with E-state index in [4.69, 9.17) is 0 Å². The van der Waals surface area contributed by atoms with Gasteiger partial charge in [-0.05, 0) is 12.1 Å². The van der Waals surface area contributed by atoms with E-state index >= 15 is 0 Å². The summed E-state index contributed by atoms with van der Waals surface area (Å²) in [5.74, 6) is 0.289. The third kappa shape index (κ3) is 3.02. The van der Waals surface area contributed by atoms with Crippen LogP contribution in [-0.4, -0.2) is 12.5 Å². The fraction of sp³-hybridized carbons (Fsp3) is 0.182. The molecule has 1 aromatic carbocycles. The Balaban J connectivity index is 2.82. The fourth-order valence-corrected chi connectivity index (χ4v) is 0.931. The van der Waals surface area contributed by atoms with E-state index in [0.717, 1.165) is 12.1 Å². The molecular formula is C11H8F3NO. The molecule has 1 N–H and O–H groups in total. The van der Waals surface area contributed by atoms with Gasteiger partial charge in [0.25, 0.3) is 0 Å². The number of halogens is 3. The van der Waals surface area contributed by atoms with E-state index in [-0.39, 0.29) is 18.0 Å². The van der Waals surface area contributed by atoms with Crippen LogP contribution in [0.1, 0.15) is 12.5 Å². The molecule has 1 aromatic rings. The van der Waals surface area contributed by atoms with Crippen LogP contribution in [-0.2, 0) is 4.79 Å². The van der Waals surface area contributed by atoms with Crippen molar-refractivity contribution in [3.8, 4) is 11.8 Å². The van der Waals surface area contributed by atoms with Crippen molar-refractivity contribution in [2.75, 3.05) is 6.54 Å². The van der Waals surface area contributed by atoms with Gasteiger partial charge in [0.15, 0.2) is 17.5 Å². The smallest absolute Gasteiger partial charge is 0.217 e. The van der Waals surface area contributed by atoms with Crippen LogP contribution in [0, 0.1) is 29.3 Å². The van der Waals surface area contributed by atoms with Crippen LogP contribution in [0.25, 0.3) is 0 Å². The van der Waals surface area contributed by atoms with Crippen molar-refractivity contribution in [2.45, 2.75) is 6.92 Å². The molecule has 1 amide bonds. The molecule has 16 heavy (non-hydrogen) atoms. The van der Waals surface area contributed by atoms with Crippen molar-refractivity contribution in [1.82, 2.24) is 5.32 Å². The summed E-state index contributed by atoms with van der Waals surface area (Å²) in [6.07, 6.45) is 0. The molecule has 0 aliphatic heterocycles. The molecule has 84 valence electrons. The minimum atomic E-state index is -1.55. The van der Waals surface area contributed by atoms with Gasteiger partial charge >= 0.3 is 0 Å². The summed E-state index contributed by atoms with van der Waals surface area (Å²) >= 11 is 0. The van der Waals surface area contributed by atoms with Gasteiger partial charge in [0.1, 0.15) is 0 Å². The van der Waals surface area contributed by atoms with E-state index in [1.54, 1.807) is 0 Å². The van der Waals surface area contributed by atoms with Gasteiger partial charge in [0, 0.05) is 6.92 Å². The lowest BCUT2D eigenvalue weighted by atomic mass is 10.2. The minimum absolute atomic E-state index is 0.0216. The van der Waals surface area contributed by atoms with Gasteiger partial charge in [0.05, 0.1) is 12.1 Å². The number of hydrogen-bond donors (Lipinski definition) is 1. The molecule has 0 fully saturated rings. The second kappa shape index (κ2) is 5.21. The molecule has 0 saturated carbocycles. The molecule has 2 nitrogen and oxygen atoms in total. The standard InChI is InChI=1S/C11H8F3NO/c1-7(16)15-6-2-3-8-4-5-9(12)11(14)10(8)13/h4-5H,6H2,1H3,(H,15,16). The van der Waals surface area contributed by atoms with E-state index in [0.29, 0.717) is 0 Å². The Morgan fingerprint density at radius 3 is 2.62 bits per heavy atom. The number of carbonyl (C=O) groups excluding carboxylic acids is 1. The third-order valence-electron chi connectivity index (χ3n) is 1.68. The molecule has 0 radical (unpaired) electrons. The Morgan fingerprint density at radius 1 is 1.31 bits per heavy atom. The van der Waals surface area contributed by atoms with E-state index in [9.17, 15) is 18.0 Å². The molecule has 0 aromatic heterocycles. The highest BCUT2D eigenvalue weighted by atomic mass is 19.2. The molecular weight excluding hydrogens is 219 g/mol. The minimum Gasteiger partial charge on any atom is -0.345 e. The van der Waals surface area contributed by atoms with Gasteiger partial charge in [-0.15, -0.1) is 0 Å². The van der Waals surface area contributed by atoms with E-state index in [1.165, 1.54) is 6.92 Å². The predicted molar refractivity (Wildman–Crippen MR) is 51.9 cm³/mol. The summed E-state index contributed by atoms with van der Waals surface area (Å²) in [5, 5.41) is 2.36. The number of rotatable bonds is 1. The van der Waals surface area contributed by atoms with Crippen LogP contribution in [0.4, 0.5) is 13.2 Å². The molecule has 0 bridgehead atoms. The highest BCUT2D eigenvalue weighted by molar-refractivity contribution is 5.73. The monoisotopic (exact) mass is 227 g/mol. The topological polar surface area (TPSA) is 29.1 Å². The molecule has 0 atom stereocenters. The Labute approximate surface area is 90.5 Å². The maximum absolute atomic E-state index is 13.0. The average molecular weight is 227 g/mol. The van der Waals surface area contributed by atoms with Crippen LogP contribution in [0.3, 0.4) is 0 Å². The lowest BCUT2D eigenvalue weighted by Gasteiger charge is -1.97. The van der Waals surface area contributed by atoms with Crippen molar-refractivity contribution < 1.29 is 18.0 Å². The Hall–Kier alpha value is -1.96. The molecule has 0 heterocycles. The lowest BCUT2D eigenvalue weighted by molar-refractivity contribution is -0.118. The van der Waals surface area contributed by atoms with Crippen molar-refractivity contribution >= 4 is 5.91 Å². The summed E-state index contributed by atoms with van der Waals surface area (Å²) in [7, 11) is 0. The van der Waals surface area contributed by atoms with Crippen molar-refractivity contribution in [2.24, 2.45) is 0 Å². The number of hydrogen-bond acceptors (Lipinski definition) is 1. The van der Waals surface area contributed by atoms with Crippen LogP contribution in [0.2, 0.25) is 0 Å². The number of nitrogens with one attached hydrogen (secondary N) is 1. The normalized spacial score (nSPS) is 9.25. The summed E-state index contributed by atoms with van der Waals surface area (Å²) < 4.78 is 38.3.